The number of hydrogen-bond acceptors (Lipinski definition) is 2. The van der Waals surface area contributed by atoms with Crippen molar-refractivity contribution in [2.24, 2.45) is 23.7 Å². The molecule has 1 aromatic rings. The Balaban J connectivity index is 1.64. The van der Waals surface area contributed by atoms with E-state index in [2.05, 4.69) is 45.1 Å². The van der Waals surface area contributed by atoms with Gasteiger partial charge in [0.1, 0.15) is 5.75 Å². The van der Waals surface area contributed by atoms with Crippen LogP contribution in [-0.4, -0.2) is 5.97 Å². The molecular formula is C21H28O2. The lowest BCUT2D eigenvalue weighted by Crippen LogP contribution is -2.25. The maximum absolute atomic E-state index is 12.4. The SMILES string of the molecule is C/C=C\C(c1ccc(OC(=O)C2CC3CCC2C3)cc1)C(C)C. The van der Waals surface area contributed by atoms with Crippen molar-refractivity contribution >= 4 is 5.97 Å². The van der Waals surface area contributed by atoms with Crippen molar-refractivity contribution in [1.82, 2.24) is 0 Å². The molecule has 1 aromatic carbocycles. The molecule has 0 N–H and O–H groups in total. The van der Waals surface area contributed by atoms with Crippen LogP contribution < -0.4 is 4.74 Å². The monoisotopic (exact) mass is 312 g/mol. The summed E-state index contributed by atoms with van der Waals surface area (Å²) >= 11 is 0. The van der Waals surface area contributed by atoms with Gasteiger partial charge >= 0.3 is 5.97 Å². The van der Waals surface area contributed by atoms with Crippen LogP contribution in [0.4, 0.5) is 0 Å². The van der Waals surface area contributed by atoms with E-state index in [0.29, 0.717) is 23.5 Å². The van der Waals surface area contributed by atoms with Crippen LogP contribution in [0.2, 0.25) is 0 Å². The Bertz CT molecular complexity index is 570. The van der Waals surface area contributed by atoms with E-state index < -0.39 is 0 Å². The first-order valence-corrected chi connectivity index (χ1v) is 9.03. The molecule has 0 aliphatic heterocycles. The molecule has 4 atom stereocenters. The Labute approximate surface area is 139 Å². The van der Waals surface area contributed by atoms with Crippen LogP contribution in [0.25, 0.3) is 0 Å². The van der Waals surface area contributed by atoms with Gasteiger partial charge in [-0.15, -0.1) is 0 Å². The molecule has 2 aliphatic carbocycles. The highest BCUT2D eigenvalue weighted by Crippen LogP contribution is 2.48. The molecule has 0 saturated heterocycles. The number of carbonyl (C=O) groups excluding carboxylic acids is 1. The van der Waals surface area contributed by atoms with Gasteiger partial charge in [0, 0.05) is 5.92 Å². The molecule has 0 heterocycles. The summed E-state index contributed by atoms with van der Waals surface area (Å²) in [5.41, 5.74) is 1.28. The third kappa shape index (κ3) is 3.52. The molecule has 0 aromatic heterocycles. The second-order valence-electron chi connectivity index (χ2n) is 7.57. The first kappa shape index (κ1) is 16.3. The van der Waals surface area contributed by atoms with Crippen molar-refractivity contribution in [1.29, 1.82) is 0 Å². The van der Waals surface area contributed by atoms with E-state index in [1.807, 2.05) is 12.1 Å². The van der Waals surface area contributed by atoms with Gasteiger partial charge in [-0.25, -0.2) is 0 Å². The fraction of sp³-hybridized carbons (Fsp3) is 0.571. The number of rotatable bonds is 5. The zero-order chi connectivity index (χ0) is 16.4. The minimum absolute atomic E-state index is 0.0150. The fourth-order valence-corrected chi connectivity index (χ4v) is 4.41. The van der Waals surface area contributed by atoms with Gasteiger partial charge in [0.25, 0.3) is 0 Å². The fourth-order valence-electron chi connectivity index (χ4n) is 4.41. The molecule has 2 heteroatoms. The van der Waals surface area contributed by atoms with Crippen molar-refractivity contribution in [3.8, 4) is 5.75 Å². The topological polar surface area (TPSA) is 26.3 Å². The quantitative estimate of drug-likeness (QED) is 0.416. The van der Waals surface area contributed by atoms with Gasteiger partial charge in [-0.05, 0) is 61.6 Å². The number of benzene rings is 1. The molecule has 4 unspecified atom stereocenters. The van der Waals surface area contributed by atoms with Crippen molar-refractivity contribution < 1.29 is 9.53 Å². The Hall–Kier alpha value is -1.57. The summed E-state index contributed by atoms with van der Waals surface area (Å²) in [5.74, 6) is 3.12. The van der Waals surface area contributed by atoms with Crippen molar-refractivity contribution in [3.63, 3.8) is 0 Å². The summed E-state index contributed by atoms with van der Waals surface area (Å²) in [6, 6.07) is 8.07. The summed E-state index contributed by atoms with van der Waals surface area (Å²) in [6.07, 6.45) is 9.14. The van der Waals surface area contributed by atoms with Crippen molar-refractivity contribution in [2.45, 2.75) is 52.4 Å². The van der Waals surface area contributed by atoms with E-state index >= 15 is 0 Å². The highest BCUT2D eigenvalue weighted by molar-refractivity contribution is 5.76. The Morgan fingerprint density at radius 1 is 1.17 bits per heavy atom. The van der Waals surface area contributed by atoms with Gasteiger partial charge in [0.05, 0.1) is 5.92 Å². The van der Waals surface area contributed by atoms with E-state index in [4.69, 9.17) is 4.74 Å². The second kappa shape index (κ2) is 6.90. The van der Waals surface area contributed by atoms with Gasteiger partial charge in [0.2, 0.25) is 0 Å². The third-order valence-electron chi connectivity index (χ3n) is 5.64. The van der Waals surface area contributed by atoms with Crippen LogP contribution in [0, 0.1) is 23.7 Å². The minimum atomic E-state index is -0.0150. The lowest BCUT2D eigenvalue weighted by atomic mass is 9.88. The van der Waals surface area contributed by atoms with Crippen molar-refractivity contribution in [2.75, 3.05) is 0 Å². The standard InChI is InChI=1S/C21H28O2/c1-4-5-19(14(2)3)16-8-10-18(11-9-16)23-21(22)20-13-15-6-7-17(20)12-15/h4-5,8-11,14-15,17,19-20H,6-7,12-13H2,1-3H3/b5-4-. The normalized spacial score (nSPS) is 27.7. The number of fused-ring (bicyclic) bond motifs is 2. The highest BCUT2D eigenvalue weighted by Gasteiger charge is 2.44. The first-order valence-electron chi connectivity index (χ1n) is 9.03. The molecule has 124 valence electrons. The number of esters is 1. The van der Waals surface area contributed by atoms with Crippen LogP contribution >= 0.6 is 0 Å². The van der Waals surface area contributed by atoms with Crippen LogP contribution in [-0.2, 0) is 4.79 Å². The van der Waals surface area contributed by atoms with Crippen LogP contribution in [0.3, 0.4) is 0 Å². The van der Waals surface area contributed by atoms with Crippen LogP contribution in [0.1, 0.15) is 57.9 Å². The zero-order valence-electron chi connectivity index (χ0n) is 14.5. The molecule has 2 aliphatic rings. The molecule has 0 amide bonds. The number of ether oxygens (including phenoxy) is 1. The van der Waals surface area contributed by atoms with Gasteiger partial charge < -0.3 is 4.74 Å². The molecule has 0 radical (unpaired) electrons. The molecule has 2 nitrogen and oxygen atoms in total. The number of hydrogen-bond donors (Lipinski definition) is 0. The minimum Gasteiger partial charge on any atom is -0.426 e. The van der Waals surface area contributed by atoms with Crippen molar-refractivity contribution in [3.05, 3.63) is 42.0 Å². The van der Waals surface area contributed by atoms with E-state index in [9.17, 15) is 4.79 Å². The first-order chi connectivity index (χ1) is 11.1. The van der Waals surface area contributed by atoms with Gasteiger partial charge in [-0.2, -0.15) is 0 Å². The average Bonchev–Trinajstić information content (AvgIpc) is 3.16. The zero-order valence-corrected chi connectivity index (χ0v) is 14.5. The molecule has 2 fully saturated rings. The molecule has 23 heavy (non-hydrogen) atoms. The predicted molar refractivity (Wildman–Crippen MR) is 93.4 cm³/mol. The Morgan fingerprint density at radius 3 is 2.43 bits per heavy atom. The van der Waals surface area contributed by atoms with Crippen LogP contribution in [0.5, 0.6) is 5.75 Å². The number of allylic oxidation sites excluding steroid dienone is 2. The molecule has 2 saturated carbocycles. The second-order valence-corrected chi connectivity index (χ2v) is 7.57. The maximum Gasteiger partial charge on any atom is 0.314 e. The van der Waals surface area contributed by atoms with Gasteiger partial charge in [0.15, 0.2) is 0 Å². The summed E-state index contributed by atoms with van der Waals surface area (Å²) < 4.78 is 5.65. The highest BCUT2D eigenvalue weighted by atomic mass is 16.5. The third-order valence-corrected chi connectivity index (χ3v) is 5.64. The average molecular weight is 312 g/mol. The number of carbonyl (C=O) groups is 1. The molecular weight excluding hydrogens is 284 g/mol. The summed E-state index contributed by atoms with van der Waals surface area (Å²) in [4.78, 5) is 12.4. The lowest BCUT2D eigenvalue weighted by molar-refractivity contribution is -0.140. The molecule has 2 bridgehead atoms. The smallest absolute Gasteiger partial charge is 0.314 e. The van der Waals surface area contributed by atoms with Gasteiger partial charge in [-0.1, -0.05) is 44.6 Å². The Morgan fingerprint density at radius 2 is 1.91 bits per heavy atom. The largest absolute Gasteiger partial charge is 0.426 e. The summed E-state index contributed by atoms with van der Waals surface area (Å²) in [7, 11) is 0. The maximum atomic E-state index is 12.4. The molecule has 0 spiro atoms. The van der Waals surface area contributed by atoms with E-state index in [0.717, 1.165) is 12.3 Å². The predicted octanol–water partition coefficient (Wildman–Crippen LogP) is 5.34. The van der Waals surface area contributed by atoms with E-state index in [-0.39, 0.29) is 11.9 Å². The van der Waals surface area contributed by atoms with Crippen LogP contribution in [0.15, 0.2) is 36.4 Å². The lowest BCUT2D eigenvalue weighted by Gasteiger charge is -2.20. The van der Waals surface area contributed by atoms with E-state index in [1.165, 1.54) is 24.8 Å². The summed E-state index contributed by atoms with van der Waals surface area (Å²) in [6.45, 7) is 6.52. The Kier molecular flexibility index (Phi) is 4.89. The van der Waals surface area contributed by atoms with E-state index in [1.54, 1.807) is 0 Å². The van der Waals surface area contributed by atoms with Gasteiger partial charge in [-0.3, -0.25) is 4.79 Å². The summed E-state index contributed by atoms with van der Waals surface area (Å²) in [5, 5.41) is 0. The molecule has 3 rings (SSSR count).